The van der Waals surface area contributed by atoms with E-state index in [4.69, 9.17) is 45.8 Å². The number of nitriles is 1. The number of amides is 4. The molecule has 0 radical (unpaired) electrons. The Morgan fingerprint density at radius 3 is 1.03 bits per heavy atom. The van der Waals surface area contributed by atoms with Crippen molar-refractivity contribution in [2.24, 2.45) is 5.73 Å². The van der Waals surface area contributed by atoms with Crippen LogP contribution in [0.4, 0.5) is 0 Å². The molecule has 100 heavy (non-hydrogen) atoms. The second-order valence-corrected chi connectivity index (χ2v) is 30.8. The van der Waals surface area contributed by atoms with Crippen molar-refractivity contribution in [3.05, 3.63) is 210 Å². The summed E-state index contributed by atoms with van der Waals surface area (Å²) >= 11 is 31.7. The van der Waals surface area contributed by atoms with Gasteiger partial charge in [-0.1, -0.05) is 83.0 Å². The molecule has 0 bridgehead atoms. The Bertz CT molecular complexity index is 4330. The molecule has 6 N–H and O–H groups in total. The van der Waals surface area contributed by atoms with Crippen molar-refractivity contribution in [1.82, 2.24) is 35.0 Å². The van der Waals surface area contributed by atoms with Crippen molar-refractivity contribution in [2.45, 2.75) is 113 Å². The predicted molar refractivity (Wildman–Crippen MR) is 404 cm³/mol. The van der Waals surface area contributed by atoms with E-state index in [2.05, 4.69) is 73.2 Å². The third-order valence-electron chi connectivity index (χ3n) is 15.6. The highest BCUT2D eigenvalue weighted by Crippen LogP contribution is 2.61. The van der Waals surface area contributed by atoms with Crippen molar-refractivity contribution in [2.75, 3.05) is 39.3 Å². The fourth-order valence-electron chi connectivity index (χ4n) is 10.7. The predicted octanol–water partition coefficient (Wildman–Crippen LogP) is 16.0. The van der Waals surface area contributed by atoms with Gasteiger partial charge in [0.25, 0.3) is 24.2 Å². The van der Waals surface area contributed by atoms with Crippen LogP contribution in [0, 0.1) is 53.4 Å². The molecule has 3 aromatic heterocycles. The fourth-order valence-corrected chi connectivity index (χ4v) is 11.1. The summed E-state index contributed by atoms with van der Waals surface area (Å²) in [5.41, 5.74) is 17.7. The maximum absolute atomic E-state index is 13.3. The Kier molecular flexibility index (Phi) is 36.0. The molecule has 26 heteroatoms. The van der Waals surface area contributed by atoms with Gasteiger partial charge in [0, 0.05) is 97.7 Å². The van der Waals surface area contributed by atoms with Crippen molar-refractivity contribution in [1.29, 1.82) is 5.26 Å². The number of fused-ring (bicyclic) bond motifs is 3. The van der Waals surface area contributed by atoms with Crippen LogP contribution < -0.4 is 27.0 Å². The number of ether oxygens (including phenoxy) is 1. The van der Waals surface area contributed by atoms with Crippen molar-refractivity contribution >= 4 is 155 Å². The Labute approximate surface area is 613 Å². The van der Waals surface area contributed by atoms with Crippen LogP contribution in [0.15, 0.2) is 127 Å². The summed E-state index contributed by atoms with van der Waals surface area (Å²) < 4.78 is 18.7. The van der Waals surface area contributed by atoms with Crippen molar-refractivity contribution in [3.8, 4) is 6.57 Å². The van der Waals surface area contributed by atoms with Gasteiger partial charge in [0.1, 0.15) is 0 Å². The molecule has 9 rings (SSSR count). The maximum atomic E-state index is 13.3. The van der Waals surface area contributed by atoms with Gasteiger partial charge in [0.05, 0.1) is 42.4 Å². The van der Waals surface area contributed by atoms with Crippen LogP contribution in [0.2, 0.25) is 15.1 Å². The highest BCUT2D eigenvalue weighted by Gasteiger charge is 2.25. The molecule has 0 unspecified atom stereocenters. The monoisotopic (exact) mass is 1500 g/mol. The largest absolute Gasteiger partial charge is 0.468 e. The van der Waals surface area contributed by atoms with E-state index < -0.39 is 5.20 Å². The number of nitrogens with zero attached hydrogens (tertiary/aromatic N) is 4. The highest BCUT2D eigenvalue weighted by molar-refractivity contribution is 8.24. The first-order chi connectivity index (χ1) is 47.7. The summed E-state index contributed by atoms with van der Waals surface area (Å²) in [4.78, 5) is 96.6. The number of aryl methyl sites for hydroxylation is 3. The lowest BCUT2D eigenvalue weighted by Gasteiger charge is -2.08. The lowest BCUT2D eigenvalue weighted by Crippen LogP contribution is -2.27. The standard InChI is InChI=1S/C24H26ClN3O3.C23H26ClN3O2.C23H25ClN2O2.C3H6O2.CHN.Cl3OP/c1-16-5-10-22-21(13-16)20(14-23(30)27-12-4-3-11-26-15-29)17(2)28(22)24(31)18-6-8-19(25)9-7-18;1-15-5-10-21-20(13-15)19(14-22(28)26-12-4-3-11-25)16(2)27(21)23(29)17-6-8-18(24)9-7-17;1-4-5-12-25-22(27)14-19-16(3)26(21-11-6-15(2)13-20(19)21)23(28)17-7-9-18(24)10-8-17;1-2-5-3-4;1-2;1-5(2,3)4/h5-10,13,15H,3-4,11-12,14H2,1-2H3,(H,26,29)(H,27,30);5-10,13H,3-4,11-12,14,25H2,1-2H3,(H,26,28);6-11,13H,4-5,12,14H2,1-3H3,(H,25,27);3H,2H2,1H3;1H;. The molecule has 532 valence electrons. The first-order valence-corrected chi connectivity index (χ1v) is 37.6. The Hall–Kier alpha value is -8.28. The average molecular weight is 1500 g/mol. The number of hydrogen-bond donors (Lipinski definition) is 5. The molecule has 0 saturated carbocycles. The first kappa shape index (κ1) is 84.1. The van der Waals surface area contributed by atoms with Crippen molar-refractivity contribution in [3.63, 3.8) is 0 Å². The molecule has 4 amide bonds. The molecule has 9 aromatic rings. The number of unbranched alkanes of at least 4 members (excludes halogenated alkanes) is 3. The molecular weight excluding hydrogens is 1420 g/mol. The average Bonchev–Trinajstić information content (AvgIpc) is 1.63. The molecule has 19 nitrogen and oxygen atoms in total. The number of halogens is 6. The van der Waals surface area contributed by atoms with Gasteiger partial charge in [-0.15, -0.1) is 0 Å². The summed E-state index contributed by atoms with van der Waals surface area (Å²) in [6.07, 6.45) is 6.67. The molecule has 0 saturated heterocycles. The number of carbonyl (C=O) groups excluding carboxylic acids is 8. The van der Waals surface area contributed by atoms with Crippen molar-refractivity contribution < 1.29 is 47.7 Å². The lowest BCUT2D eigenvalue weighted by molar-refractivity contribution is -0.128. The van der Waals surface area contributed by atoms with Gasteiger partial charge < -0.3 is 31.7 Å². The molecule has 0 atom stereocenters. The van der Waals surface area contributed by atoms with E-state index in [9.17, 15) is 42.9 Å². The summed E-state index contributed by atoms with van der Waals surface area (Å²) in [7, 11) is 0. The number of aromatic nitrogens is 3. The molecule has 0 aliphatic heterocycles. The minimum Gasteiger partial charge on any atom is -0.468 e. The zero-order valence-corrected chi connectivity index (χ0v) is 62.6. The Morgan fingerprint density at radius 2 is 0.770 bits per heavy atom. The molecule has 0 spiro atoms. The van der Waals surface area contributed by atoms with Gasteiger partial charge in [-0.3, -0.25) is 56.6 Å². The van der Waals surface area contributed by atoms with E-state index in [1.165, 1.54) is 0 Å². The van der Waals surface area contributed by atoms with Crippen LogP contribution in [-0.4, -0.2) is 101 Å². The second kappa shape index (κ2) is 42.7. The van der Waals surface area contributed by atoms with Crippen LogP contribution in [-0.2, 0) is 52.5 Å². The number of rotatable bonds is 24. The molecule has 3 heterocycles. The Balaban J connectivity index is 0.000000294. The van der Waals surface area contributed by atoms with Crippen LogP contribution >= 0.6 is 73.7 Å². The number of nitrogens with two attached hydrogens (primary N) is 1. The van der Waals surface area contributed by atoms with E-state index in [-0.39, 0.29) is 54.7 Å². The third kappa shape index (κ3) is 25.7. The zero-order chi connectivity index (χ0) is 74.2. The van der Waals surface area contributed by atoms with Gasteiger partial charge in [0.2, 0.25) is 24.1 Å². The Morgan fingerprint density at radius 1 is 0.480 bits per heavy atom. The van der Waals surface area contributed by atoms with E-state index in [0.29, 0.717) is 84.0 Å². The number of carbonyl (C=O) groups is 8. The fraction of sp³-hybridized carbons (Fsp3) is 0.311. The number of hydrogen-bond acceptors (Lipinski definition) is 12. The maximum Gasteiger partial charge on any atom is 0.339 e. The van der Waals surface area contributed by atoms with Crippen LogP contribution in [0.25, 0.3) is 32.7 Å². The minimum atomic E-state index is -3.22. The van der Waals surface area contributed by atoms with Crippen LogP contribution in [0.3, 0.4) is 0 Å². The van der Waals surface area contributed by atoms with Crippen LogP contribution in [0.5, 0.6) is 0 Å². The van der Waals surface area contributed by atoms with E-state index in [1.807, 2.05) is 96.1 Å². The number of nitrogens with one attached hydrogen (secondary N) is 4. The topological polar surface area (TPSA) is 276 Å². The van der Waals surface area contributed by atoms with Gasteiger partial charge in [-0.05, 0) is 247 Å². The summed E-state index contributed by atoms with van der Waals surface area (Å²) in [6.45, 7) is 23.0. The van der Waals surface area contributed by atoms with Gasteiger partial charge in [-0.25, -0.2) is 5.26 Å². The van der Waals surface area contributed by atoms with Gasteiger partial charge in [0.15, 0.2) is 0 Å². The zero-order valence-electron chi connectivity index (χ0n) is 57.1. The molecule has 0 fully saturated rings. The summed E-state index contributed by atoms with van der Waals surface area (Å²) in [5, 5.41) is 19.3. The van der Waals surface area contributed by atoms with E-state index >= 15 is 0 Å². The quantitative estimate of drug-likeness (QED) is 0.0215. The SMILES string of the molecule is C#N.CCCCNC(=O)Cc1c(C)n(C(=O)c2ccc(Cl)cc2)c2ccc(C)cc12.CCOC=O.Cc1ccc2c(c1)c(CC(=O)NCCCCN)c(C)n2C(=O)c1ccc(Cl)cc1.Cc1ccc2c(c1)c(CC(=O)NCCCCNC=O)c(C)n2C(=O)c1ccc(Cl)cc1.O=P(Cl)(Cl)Cl. The van der Waals surface area contributed by atoms with Crippen LogP contribution in [0.1, 0.15) is 134 Å². The lowest BCUT2D eigenvalue weighted by atomic mass is 10.1. The molecule has 0 aliphatic rings. The number of benzene rings is 6. The van der Waals surface area contributed by atoms with E-state index in [0.717, 1.165) is 122 Å². The second-order valence-electron chi connectivity index (χ2n) is 22.9. The molecular formula is C74H84Cl6N9O10P. The summed E-state index contributed by atoms with van der Waals surface area (Å²) in [6, 6.07) is 38.3. The highest BCUT2D eigenvalue weighted by atomic mass is 36.0. The first-order valence-electron chi connectivity index (χ1n) is 32.1. The normalized spacial score (nSPS) is 10.6. The molecule has 0 aliphatic carbocycles. The van der Waals surface area contributed by atoms with E-state index in [1.54, 1.807) is 93.4 Å². The summed E-state index contributed by atoms with van der Waals surface area (Å²) in [5.74, 6) is -0.577. The molecule has 6 aromatic carbocycles. The van der Waals surface area contributed by atoms with Gasteiger partial charge in [-0.2, -0.15) is 0 Å². The third-order valence-corrected chi connectivity index (χ3v) is 16.3. The minimum absolute atomic E-state index is 0.0175. The van der Waals surface area contributed by atoms with Gasteiger partial charge >= 0.3 is 5.20 Å². The smallest absolute Gasteiger partial charge is 0.339 e.